The molecule has 11 heteroatoms. The van der Waals surface area contributed by atoms with Gasteiger partial charge in [-0.3, -0.25) is 14.7 Å². The summed E-state index contributed by atoms with van der Waals surface area (Å²) >= 11 is 0. The zero-order chi connectivity index (χ0) is 25.1. The third-order valence-electron chi connectivity index (χ3n) is 6.03. The van der Waals surface area contributed by atoms with Crippen LogP contribution in [0.4, 0.5) is 5.82 Å². The molecule has 0 saturated carbocycles. The molecule has 0 radical (unpaired) electrons. The van der Waals surface area contributed by atoms with Crippen molar-refractivity contribution in [2.24, 2.45) is 0 Å². The Hall–Kier alpha value is -4.67. The summed E-state index contributed by atoms with van der Waals surface area (Å²) in [5.74, 6) is 0.744. The van der Waals surface area contributed by atoms with Crippen LogP contribution in [0.2, 0.25) is 0 Å². The van der Waals surface area contributed by atoms with E-state index in [2.05, 4.69) is 42.2 Å². The Balaban J connectivity index is 1.25. The number of hydrogen-bond acceptors (Lipinski definition) is 8. The van der Waals surface area contributed by atoms with Gasteiger partial charge in [-0.15, -0.1) is 0 Å². The quantitative estimate of drug-likeness (QED) is 0.397. The second-order valence-corrected chi connectivity index (χ2v) is 8.51. The standard InChI is InChI=1S/C25H24N8O3/c1-3-21(34)33-11-5-6-17(14-33)25-30-23(32-36-25)16-9-10-20(26-13-16)29-24(35)19-8-4-7-18(28-19)22-15(2)12-27-31-22/h3-4,7-10,12-13,17H,1,5-6,11,14H2,2H3,(H,27,31)(H,26,29,35)/t17-/m0/s1. The fourth-order valence-electron chi connectivity index (χ4n) is 4.11. The lowest BCUT2D eigenvalue weighted by Crippen LogP contribution is -2.38. The summed E-state index contributed by atoms with van der Waals surface area (Å²) in [4.78, 5) is 39.7. The highest BCUT2D eigenvalue weighted by Crippen LogP contribution is 2.28. The van der Waals surface area contributed by atoms with Crippen molar-refractivity contribution >= 4 is 17.6 Å². The fraction of sp³-hybridized carbons (Fsp3) is 0.240. The molecule has 1 saturated heterocycles. The van der Waals surface area contributed by atoms with Crippen LogP contribution in [-0.4, -0.2) is 60.1 Å². The summed E-state index contributed by atoms with van der Waals surface area (Å²) in [7, 11) is 0. The molecule has 2 N–H and O–H groups in total. The molecule has 182 valence electrons. The number of aryl methyl sites for hydroxylation is 1. The van der Waals surface area contributed by atoms with Crippen molar-refractivity contribution in [1.82, 2.24) is 35.2 Å². The van der Waals surface area contributed by atoms with Crippen LogP contribution in [0.3, 0.4) is 0 Å². The van der Waals surface area contributed by atoms with Gasteiger partial charge in [-0.05, 0) is 55.7 Å². The Kier molecular flexibility index (Phi) is 6.35. The minimum Gasteiger partial charge on any atom is -0.339 e. The molecule has 0 aromatic carbocycles. The summed E-state index contributed by atoms with van der Waals surface area (Å²) < 4.78 is 5.49. The lowest BCUT2D eigenvalue weighted by Gasteiger charge is -2.30. The van der Waals surface area contributed by atoms with Gasteiger partial charge in [0.2, 0.25) is 17.6 Å². The van der Waals surface area contributed by atoms with Crippen molar-refractivity contribution in [3.8, 4) is 22.8 Å². The number of carbonyl (C=O) groups excluding carboxylic acids is 2. The maximum atomic E-state index is 12.7. The first-order valence-electron chi connectivity index (χ1n) is 11.5. The molecule has 1 atom stereocenters. The van der Waals surface area contributed by atoms with Crippen molar-refractivity contribution < 1.29 is 14.1 Å². The van der Waals surface area contributed by atoms with Crippen molar-refractivity contribution in [3.05, 3.63) is 72.5 Å². The molecule has 0 unspecified atom stereocenters. The van der Waals surface area contributed by atoms with Crippen LogP contribution in [0, 0.1) is 6.92 Å². The third kappa shape index (κ3) is 4.76. The molecule has 5 heterocycles. The lowest BCUT2D eigenvalue weighted by molar-refractivity contribution is -0.127. The number of aromatic amines is 1. The summed E-state index contributed by atoms with van der Waals surface area (Å²) in [6.07, 6.45) is 6.31. The van der Waals surface area contributed by atoms with E-state index in [9.17, 15) is 9.59 Å². The van der Waals surface area contributed by atoms with E-state index in [1.807, 2.05) is 13.0 Å². The highest BCUT2D eigenvalue weighted by molar-refractivity contribution is 6.02. The normalized spacial score (nSPS) is 15.5. The second kappa shape index (κ2) is 9.90. The molecular formula is C25H24N8O3. The Bertz CT molecular complexity index is 1410. The predicted molar refractivity (Wildman–Crippen MR) is 131 cm³/mol. The maximum absolute atomic E-state index is 12.7. The number of H-pyrrole nitrogens is 1. The molecule has 11 nitrogen and oxygen atoms in total. The average molecular weight is 485 g/mol. The molecule has 0 bridgehead atoms. The van der Waals surface area contributed by atoms with Crippen LogP contribution in [0.1, 0.15) is 40.7 Å². The van der Waals surface area contributed by atoms with Crippen molar-refractivity contribution in [1.29, 1.82) is 0 Å². The van der Waals surface area contributed by atoms with Gasteiger partial charge in [-0.2, -0.15) is 10.1 Å². The van der Waals surface area contributed by atoms with Crippen LogP contribution in [0.5, 0.6) is 0 Å². The van der Waals surface area contributed by atoms with Crippen LogP contribution in [-0.2, 0) is 4.79 Å². The first kappa shape index (κ1) is 23.1. The number of nitrogens with one attached hydrogen (secondary N) is 2. The van der Waals surface area contributed by atoms with Gasteiger partial charge in [0, 0.05) is 24.8 Å². The molecule has 2 amide bonds. The topological polar surface area (TPSA) is 143 Å². The number of rotatable bonds is 6. The van der Waals surface area contributed by atoms with Gasteiger partial charge in [-0.1, -0.05) is 17.8 Å². The predicted octanol–water partition coefficient (Wildman–Crippen LogP) is 3.37. The first-order valence-corrected chi connectivity index (χ1v) is 11.5. The van der Waals surface area contributed by atoms with E-state index < -0.39 is 0 Å². The maximum Gasteiger partial charge on any atom is 0.275 e. The van der Waals surface area contributed by atoms with E-state index in [0.717, 1.165) is 24.1 Å². The highest BCUT2D eigenvalue weighted by Gasteiger charge is 2.28. The number of pyridine rings is 2. The molecular weight excluding hydrogens is 460 g/mol. The molecule has 36 heavy (non-hydrogen) atoms. The summed E-state index contributed by atoms with van der Waals surface area (Å²) in [6, 6.07) is 8.63. The lowest BCUT2D eigenvalue weighted by atomic mass is 9.98. The number of aromatic nitrogens is 6. The van der Waals surface area contributed by atoms with Crippen LogP contribution < -0.4 is 5.32 Å². The van der Waals surface area contributed by atoms with E-state index >= 15 is 0 Å². The van der Waals surface area contributed by atoms with E-state index in [0.29, 0.717) is 41.9 Å². The largest absolute Gasteiger partial charge is 0.339 e. The third-order valence-corrected chi connectivity index (χ3v) is 6.03. The molecule has 5 rings (SSSR count). The molecule has 4 aromatic heterocycles. The Labute approximate surface area is 206 Å². The van der Waals surface area contributed by atoms with Gasteiger partial charge in [0.25, 0.3) is 5.91 Å². The molecule has 1 fully saturated rings. The number of piperidine rings is 1. The summed E-state index contributed by atoms with van der Waals surface area (Å²) in [6.45, 7) is 6.69. The van der Waals surface area contributed by atoms with Gasteiger partial charge < -0.3 is 14.7 Å². The van der Waals surface area contributed by atoms with E-state index in [1.54, 1.807) is 41.6 Å². The van der Waals surface area contributed by atoms with E-state index in [1.165, 1.54) is 6.08 Å². The van der Waals surface area contributed by atoms with Crippen LogP contribution >= 0.6 is 0 Å². The SMILES string of the molecule is C=CC(=O)N1CCC[C@H](c2nc(-c3ccc(NC(=O)c4cccc(-c5[nH]ncc5C)n4)nc3)no2)C1. The Morgan fingerprint density at radius 1 is 1.22 bits per heavy atom. The molecule has 4 aromatic rings. The minimum absolute atomic E-state index is 0.0239. The highest BCUT2D eigenvalue weighted by atomic mass is 16.5. The number of amides is 2. The van der Waals surface area contributed by atoms with Crippen LogP contribution in [0.25, 0.3) is 22.8 Å². The van der Waals surface area contributed by atoms with Crippen molar-refractivity contribution in [2.45, 2.75) is 25.7 Å². The van der Waals surface area contributed by atoms with Gasteiger partial charge in [0.05, 0.1) is 23.5 Å². The van der Waals surface area contributed by atoms with Gasteiger partial charge in [0.15, 0.2) is 0 Å². The Morgan fingerprint density at radius 2 is 2.11 bits per heavy atom. The summed E-state index contributed by atoms with van der Waals surface area (Å²) in [5, 5.41) is 13.7. The zero-order valence-corrected chi connectivity index (χ0v) is 19.6. The molecule has 0 aliphatic carbocycles. The molecule has 1 aliphatic rings. The number of nitrogens with zero attached hydrogens (tertiary/aromatic N) is 6. The number of carbonyl (C=O) groups is 2. The van der Waals surface area contributed by atoms with E-state index in [4.69, 9.17) is 4.52 Å². The summed E-state index contributed by atoms with van der Waals surface area (Å²) in [5.41, 5.74) is 3.23. The van der Waals surface area contributed by atoms with E-state index in [-0.39, 0.29) is 23.4 Å². The second-order valence-electron chi connectivity index (χ2n) is 8.51. The van der Waals surface area contributed by atoms with Crippen molar-refractivity contribution in [2.75, 3.05) is 18.4 Å². The van der Waals surface area contributed by atoms with Gasteiger partial charge >= 0.3 is 0 Å². The molecule has 0 spiro atoms. The zero-order valence-electron chi connectivity index (χ0n) is 19.6. The van der Waals surface area contributed by atoms with Gasteiger partial charge in [-0.25, -0.2) is 9.97 Å². The Morgan fingerprint density at radius 3 is 2.86 bits per heavy atom. The monoisotopic (exact) mass is 484 g/mol. The smallest absolute Gasteiger partial charge is 0.275 e. The minimum atomic E-state index is -0.382. The molecule has 1 aliphatic heterocycles. The van der Waals surface area contributed by atoms with Crippen molar-refractivity contribution in [3.63, 3.8) is 0 Å². The number of likely N-dealkylation sites (tertiary alicyclic amines) is 1. The first-order chi connectivity index (χ1) is 17.5. The number of hydrogen-bond donors (Lipinski definition) is 2. The number of anilines is 1. The fourth-order valence-corrected chi connectivity index (χ4v) is 4.11. The average Bonchev–Trinajstić information content (AvgIpc) is 3.58. The van der Waals surface area contributed by atoms with Gasteiger partial charge in [0.1, 0.15) is 11.5 Å². The van der Waals surface area contributed by atoms with Crippen LogP contribution in [0.15, 0.2) is 59.9 Å².